The van der Waals surface area contributed by atoms with Gasteiger partial charge in [0.2, 0.25) is 0 Å². The Balaban J connectivity index is 0.00000560. The van der Waals surface area contributed by atoms with Crippen LogP contribution in [0.2, 0.25) is 0 Å². The average Bonchev–Trinajstić information content (AvgIpc) is 3.92. The Morgan fingerprint density at radius 1 is 0.603 bits per heavy atom. The molecule has 0 saturated carbocycles. The summed E-state index contributed by atoms with van der Waals surface area (Å²) in [6, 6.07) is 55.0. The SMILES string of the molecule is [2H]c1c(C([2H])([2H])[2H])c([2H])c2c3ccc4[c-]c3n(c2c1[2H])-c1cc(C([2H])([2H])[2H])c(cn1)-c1ccc(cc1)Oc1cccc(c1)-c1cccc(-c2ccccc2)c1N1[CH-]N(c2[c-]c(ccc2)O4)c2ccccc21.[Pt]. The Morgan fingerprint density at radius 3 is 2.19 bits per heavy atom. The second-order valence-electron chi connectivity index (χ2n) is 15.1. The minimum absolute atomic E-state index is 0. The average molecular weight is 1000 g/mol. The normalized spacial score (nSPS) is 15.1. The van der Waals surface area contributed by atoms with E-state index < -0.39 is 37.4 Å². The molecule has 4 aliphatic rings. The Morgan fingerprint density at radius 2 is 1.35 bits per heavy atom. The van der Waals surface area contributed by atoms with Crippen molar-refractivity contribution in [3.8, 4) is 62.2 Å². The van der Waals surface area contributed by atoms with Gasteiger partial charge in [0.15, 0.2) is 0 Å². The third-order valence-corrected chi connectivity index (χ3v) is 11.3. The fourth-order valence-electron chi connectivity index (χ4n) is 8.49. The van der Waals surface area contributed by atoms with Crippen LogP contribution in [0.15, 0.2) is 182 Å². The molecule has 10 aromatic rings. The van der Waals surface area contributed by atoms with Gasteiger partial charge in [0.25, 0.3) is 0 Å². The fraction of sp³-hybridized carbons (Fsp3) is 0.0357. The standard InChI is InChI=1S/C56H37N4O2.Pt/c1-36-21-28-51-49(29-36)48-27-26-45-33-54(48)60(51)55-30-37(2)50(34-57-55)39-22-24-42(25-23-39)61-43-15-8-13-40(31-43)47-18-10-17-46(38-11-4-3-5-12-38)56(47)59-35-58(52-19-6-7-20-53(52)59)41-14-9-16-44(32-41)62-45;/h3-31,34-35H,1-2H3;/q-3;/i1D3,2D3,21D,28D,29D;. The van der Waals surface area contributed by atoms with Crippen LogP contribution in [-0.2, 0) is 21.1 Å². The van der Waals surface area contributed by atoms with E-state index in [9.17, 15) is 2.74 Å². The number of fused-ring (bicyclic) bond motifs is 5. The van der Waals surface area contributed by atoms with Crippen molar-refractivity contribution in [3.05, 3.63) is 212 Å². The van der Waals surface area contributed by atoms with Gasteiger partial charge in [-0.1, -0.05) is 108 Å². The van der Waals surface area contributed by atoms with Gasteiger partial charge >= 0.3 is 0 Å². The summed E-state index contributed by atoms with van der Waals surface area (Å²) in [5.41, 5.74) is 7.77. The molecule has 0 saturated heterocycles. The first-order chi connectivity index (χ1) is 34.2. The van der Waals surface area contributed by atoms with Crippen LogP contribution in [-0.4, -0.2) is 9.55 Å². The zero-order valence-electron chi connectivity index (χ0n) is 42.1. The molecule has 6 nitrogen and oxygen atoms in total. The van der Waals surface area contributed by atoms with E-state index in [0.717, 1.165) is 39.3 Å². The van der Waals surface area contributed by atoms with Gasteiger partial charge < -0.3 is 23.8 Å². The number of anilines is 4. The summed E-state index contributed by atoms with van der Waals surface area (Å²) in [5.74, 6) is 1.68. The van der Waals surface area contributed by atoms with E-state index in [2.05, 4.69) is 59.5 Å². The van der Waals surface area contributed by atoms with E-state index in [1.54, 1.807) is 42.5 Å². The molecule has 8 aromatic carbocycles. The van der Waals surface area contributed by atoms with E-state index >= 15 is 0 Å². The molecule has 63 heavy (non-hydrogen) atoms. The number of nitrogens with zero attached hydrogens (tertiary/aromatic N) is 4. The van der Waals surface area contributed by atoms with Crippen molar-refractivity contribution in [2.24, 2.45) is 0 Å². The topological polar surface area (TPSA) is 42.8 Å². The van der Waals surface area contributed by atoms with E-state index in [0.29, 0.717) is 39.4 Å². The number of aryl methyl sites for hydroxylation is 1. The summed E-state index contributed by atoms with van der Waals surface area (Å²) < 4.78 is 92.7. The van der Waals surface area contributed by atoms with Crippen LogP contribution in [0.1, 0.15) is 23.5 Å². The molecule has 0 spiro atoms. The molecule has 0 fully saturated rings. The van der Waals surface area contributed by atoms with Gasteiger partial charge in [-0.05, 0) is 89.9 Å². The predicted molar refractivity (Wildman–Crippen MR) is 250 cm³/mol. The third kappa shape index (κ3) is 6.66. The van der Waals surface area contributed by atoms with Gasteiger partial charge in [-0.3, -0.25) is 0 Å². The summed E-state index contributed by atoms with van der Waals surface area (Å²) in [6.07, 6.45) is 1.44. The second-order valence-corrected chi connectivity index (χ2v) is 15.1. The first-order valence-electron chi connectivity index (χ1n) is 24.5. The van der Waals surface area contributed by atoms with Crippen molar-refractivity contribution in [3.63, 3.8) is 0 Å². The van der Waals surface area contributed by atoms with Gasteiger partial charge in [0.05, 0.1) is 4.11 Å². The molecule has 0 radical (unpaired) electrons. The predicted octanol–water partition coefficient (Wildman–Crippen LogP) is 14.7. The fourth-order valence-corrected chi connectivity index (χ4v) is 8.49. The Hall–Kier alpha value is -7.40. The minimum Gasteiger partial charge on any atom is -0.509 e. The Labute approximate surface area is 393 Å². The summed E-state index contributed by atoms with van der Waals surface area (Å²) in [7, 11) is 0. The molecular formula is C56H37N4O2Pt-3. The molecule has 2 aromatic heterocycles. The molecule has 0 amide bonds. The molecule has 0 aliphatic carbocycles. The molecule has 0 N–H and O–H groups in total. The molecule has 0 unspecified atom stereocenters. The largest absolute Gasteiger partial charge is 0.509 e. The summed E-state index contributed by atoms with van der Waals surface area (Å²) in [5, 5.41) is 0.399. The maximum Gasteiger partial charge on any atom is 0.135 e. The molecule has 4 aliphatic heterocycles. The summed E-state index contributed by atoms with van der Waals surface area (Å²) in [4.78, 5) is 9.01. The van der Waals surface area contributed by atoms with E-state index in [4.69, 9.17) is 24.1 Å². The van der Waals surface area contributed by atoms with Gasteiger partial charge in [-0.25, -0.2) is 4.98 Å². The van der Waals surface area contributed by atoms with Gasteiger partial charge in [-0.2, -0.15) is 12.1 Å². The monoisotopic (exact) mass is 1000 g/mol. The van der Waals surface area contributed by atoms with Crippen LogP contribution in [0.3, 0.4) is 0 Å². The van der Waals surface area contributed by atoms with Gasteiger partial charge in [0.1, 0.15) is 17.3 Å². The number of ether oxygens (including phenoxy) is 2. The number of aromatic nitrogens is 2. The van der Waals surface area contributed by atoms with Crippen molar-refractivity contribution in [2.45, 2.75) is 13.7 Å². The summed E-state index contributed by atoms with van der Waals surface area (Å²) in [6.45, 7) is -3.50. The van der Waals surface area contributed by atoms with Gasteiger partial charge in [-0.15, -0.1) is 48.1 Å². The number of hydrogen-bond acceptors (Lipinski definition) is 5. The third-order valence-electron chi connectivity index (χ3n) is 11.3. The van der Waals surface area contributed by atoms with E-state index in [1.165, 1.54) is 16.8 Å². The molecule has 6 heterocycles. The zero-order valence-corrected chi connectivity index (χ0v) is 35.4. The maximum atomic E-state index is 9.25. The molecule has 12 bridgehead atoms. The van der Waals surface area contributed by atoms with Gasteiger partial charge in [0, 0.05) is 86.3 Å². The van der Waals surface area contributed by atoms with E-state index in [-0.39, 0.29) is 54.6 Å². The van der Waals surface area contributed by atoms with Crippen LogP contribution in [0, 0.1) is 32.5 Å². The van der Waals surface area contributed by atoms with Crippen molar-refractivity contribution in [1.29, 1.82) is 0 Å². The molecular weight excluding hydrogens is 956 g/mol. The Kier molecular flexibility index (Phi) is 7.33. The van der Waals surface area contributed by atoms with Crippen molar-refractivity contribution >= 4 is 44.6 Å². The first kappa shape index (κ1) is 29.8. The molecule has 7 heteroatoms. The van der Waals surface area contributed by atoms with Crippen LogP contribution in [0.4, 0.5) is 22.7 Å². The van der Waals surface area contributed by atoms with Crippen molar-refractivity contribution in [1.82, 2.24) is 9.55 Å². The number of rotatable bonds is 1. The number of benzene rings is 8. The molecule has 306 valence electrons. The second kappa shape index (κ2) is 15.5. The quantitative estimate of drug-likeness (QED) is 0.153. The van der Waals surface area contributed by atoms with Crippen LogP contribution in [0.5, 0.6) is 23.0 Å². The van der Waals surface area contributed by atoms with Crippen LogP contribution in [0.25, 0.3) is 61.0 Å². The Bertz CT molecular complexity index is 3790. The van der Waals surface area contributed by atoms with E-state index in [1.807, 2.05) is 78.3 Å². The van der Waals surface area contributed by atoms with Crippen molar-refractivity contribution in [2.75, 3.05) is 9.80 Å². The molecule has 14 rings (SSSR count). The molecule has 0 atom stereocenters. The van der Waals surface area contributed by atoms with Crippen LogP contribution < -0.4 is 19.3 Å². The maximum absolute atomic E-state index is 9.25. The van der Waals surface area contributed by atoms with Crippen molar-refractivity contribution < 1.29 is 42.9 Å². The smallest absolute Gasteiger partial charge is 0.135 e. The first-order valence-corrected chi connectivity index (χ1v) is 20.0. The number of pyridine rings is 1. The summed E-state index contributed by atoms with van der Waals surface area (Å²) >= 11 is 0. The minimum atomic E-state index is -2.88. The zero-order chi connectivity index (χ0) is 48.9. The number of hydrogen-bond donors (Lipinski definition) is 0. The van der Waals surface area contributed by atoms with Crippen LogP contribution >= 0.6 is 0 Å². The number of para-hydroxylation sites is 3.